The normalized spacial score (nSPS) is 12.4. The number of hydrogen-bond acceptors (Lipinski definition) is 1. The molecule has 2 aromatic carbocycles. The van der Waals surface area contributed by atoms with Gasteiger partial charge in [0.15, 0.2) is 0 Å². The molecule has 0 fully saturated rings. The van der Waals surface area contributed by atoms with Crippen molar-refractivity contribution in [2.75, 3.05) is 6.54 Å². The van der Waals surface area contributed by atoms with Crippen LogP contribution in [0.3, 0.4) is 0 Å². The molecule has 0 heterocycles. The molecule has 0 aliphatic heterocycles. The first-order chi connectivity index (χ1) is 10.0. The Balaban J connectivity index is 2.49. The maximum Gasteiger partial charge on any atom is 0.123 e. The third kappa shape index (κ3) is 4.02. The van der Waals surface area contributed by atoms with Crippen LogP contribution in [-0.4, -0.2) is 6.54 Å². The first kappa shape index (κ1) is 15.9. The molecule has 1 nitrogen and oxygen atoms in total. The molecule has 0 amide bonds. The summed E-state index contributed by atoms with van der Waals surface area (Å²) in [5, 5.41) is 3.77. The van der Waals surface area contributed by atoms with Gasteiger partial charge in [-0.25, -0.2) is 8.78 Å². The highest BCUT2D eigenvalue weighted by Gasteiger charge is 2.18. The average molecular weight is 310 g/mol. The molecule has 0 saturated carbocycles. The van der Waals surface area contributed by atoms with Crippen molar-refractivity contribution in [3.8, 4) is 0 Å². The van der Waals surface area contributed by atoms with Crippen molar-refractivity contribution in [2.24, 2.45) is 0 Å². The lowest BCUT2D eigenvalue weighted by Crippen LogP contribution is -2.24. The van der Waals surface area contributed by atoms with E-state index < -0.39 is 0 Å². The summed E-state index contributed by atoms with van der Waals surface area (Å²) < 4.78 is 27.2. The molecule has 0 bridgehead atoms. The van der Waals surface area contributed by atoms with Crippen LogP contribution in [0, 0.1) is 18.6 Å². The molecular weight excluding hydrogens is 292 g/mol. The van der Waals surface area contributed by atoms with Crippen LogP contribution in [0.15, 0.2) is 36.4 Å². The molecule has 0 aliphatic carbocycles. The number of rotatable bonds is 5. The van der Waals surface area contributed by atoms with Crippen LogP contribution < -0.4 is 5.32 Å². The van der Waals surface area contributed by atoms with Crippen molar-refractivity contribution in [1.29, 1.82) is 0 Å². The van der Waals surface area contributed by atoms with Gasteiger partial charge in [0.2, 0.25) is 0 Å². The van der Waals surface area contributed by atoms with Gasteiger partial charge in [0.1, 0.15) is 11.6 Å². The second kappa shape index (κ2) is 7.01. The fraction of sp³-hybridized carbons (Fsp3) is 0.294. The van der Waals surface area contributed by atoms with Gasteiger partial charge in [-0.3, -0.25) is 0 Å². The Hall–Kier alpha value is -1.45. The van der Waals surface area contributed by atoms with Gasteiger partial charge < -0.3 is 5.32 Å². The fourth-order valence-electron chi connectivity index (χ4n) is 2.36. The van der Waals surface area contributed by atoms with E-state index in [0.717, 1.165) is 24.1 Å². The quantitative estimate of drug-likeness (QED) is 0.818. The first-order valence-electron chi connectivity index (χ1n) is 6.96. The fourth-order valence-corrected chi connectivity index (χ4v) is 2.59. The molecule has 1 atom stereocenters. The summed E-state index contributed by atoms with van der Waals surface area (Å²) in [6.07, 6.45) is 0.914. The molecule has 1 unspecified atom stereocenters. The smallest absolute Gasteiger partial charge is 0.123 e. The second-order valence-electron chi connectivity index (χ2n) is 5.11. The van der Waals surface area contributed by atoms with E-state index in [-0.39, 0.29) is 17.7 Å². The highest BCUT2D eigenvalue weighted by molar-refractivity contribution is 6.31. The maximum absolute atomic E-state index is 13.7. The average Bonchev–Trinajstić information content (AvgIpc) is 2.42. The van der Waals surface area contributed by atoms with E-state index in [2.05, 4.69) is 5.32 Å². The third-order valence-corrected chi connectivity index (χ3v) is 3.61. The summed E-state index contributed by atoms with van der Waals surface area (Å²) in [6.45, 7) is 4.60. The Bertz CT molecular complexity index is 608. The van der Waals surface area contributed by atoms with Crippen molar-refractivity contribution in [3.05, 3.63) is 69.7 Å². The zero-order chi connectivity index (χ0) is 15.4. The van der Waals surface area contributed by atoms with Gasteiger partial charge in [0.05, 0.1) is 6.04 Å². The first-order valence-corrected chi connectivity index (χ1v) is 7.34. The third-order valence-electron chi connectivity index (χ3n) is 3.27. The van der Waals surface area contributed by atoms with E-state index in [1.54, 1.807) is 0 Å². The van der Waals surface area contributed by atoms with E-state index in [0.29, 0.717) is 10.6 Å². The van der Waals surface area contributed by atoms with Gasteiger partial charge in [-0.1, -0.05) is 24.6 Å². The van der Waals surface area contributed by atoms with Gasteiger partial charge in [-0.2, -0.15) is 0 Å². The highest BCUT2D eigenvalue weighted by Crippen LogP contribution is 2.30. The second-order valence-corrected chi connectivity index (χ2v) is 5.52. The molecule has 2 rings (SSSR count). The van der Waals surface area contributed by atoms with Gasteiger partial charge in [0, 0.05) is 5.02 Å². The van der Waals surface area contributed by atoms with Gasteiger partial charge in [0.25, 0.3) is 0 Å². The van der Waals surface area contributed by atoms with Crippen LogP contribution in [0.5, 0.6) is 0 Å². The minimum atomic E-state index is -0.356. The SMILES string of the molecule is CCCNC(c1cc(C)cc(F)c1)c1cc(F)ccc1Cl. The number of halogens is 3. The predicted molar refractivity (Wildman–Crippen MR) is 82.7 cm³/mol. The predicted octanol–water partition coefficient (Wildman–Crippen LogP) is 5.02. The van der Waals surface area contributed by atoms with E-state index in [1.165, 1.54) is 30.3 Å². The van der Waals surface area contributed by atoms with E-state index in [4.69, 9.17) is 11.6 Å². The lowest BCUT2D eigenvalue weighted by Gasteiger charge is -2.21. The minimum Gasteiger partial charge on any atom is -0.306 e. The van der Waals surface area contributed by atoms with E-state index in [1.807, 2.05) is 19.9 Å². The molecule has 0 aliphatic rings. The Morgan fingerprint density at radius 3 is 2.52 bits per heavy atom. The number of aryl methyl sites for hydroxylation is 1. The van der Waals surface area contributed by atoms with Gasteiger partial charge in [-0.05, 0) is 66.9 Å². The summed E-state index contributed by atoms with van der Waals surface area (Å²) >= 11 is 6.20. The van der Waals surface area contributed by atoms with Crippen LogP contribution in [0.2, 0.25) is 5.02 Å². The molecule has 0 saturated heterocycles. The molecule has 2 aromatic rings. The van der Waals surface area contributed by atoms with Crippen molar-refractivity contribution in [1.82, 2.24) is 5.32 Å². The Kier molecular flexibility index (Phi) is 5.32. The lowest BCUT2D eigenvalue weighted by atomic mass is 9.96. The molecule has 1 N–H and O–H groups in total. The number of nitrogens with one attached hydrogen (secondary N) is 1. The monoisotopic (exact) mass is 309 g/mol. The lowest BCUT2D eigenvalue weighted by molar-refractivity contribution is 0.576. The summed E-state index contributed by atoms with van der Waals surface area (Å²) in [6, 6.07) is 8.73. The Morgan fingerprint density at radius 2 is 1.86 bits per heavy atom. The molecular formula is C17H18ClF2N. The Morgan fingerprint density at radius 1 is 1.10 bits per heavy atom. The maximum atomic E-state index is 13.7. The number of hydrogen-bond donors (Lipinski definition) is 1. The molecule has 0 radical (unpaired) electrons. The van der Waals surface area contributed by atoms with Crippen molar-refractivity contribution < 1.29 is 8.78 Å². The molecule has 0 spiro atoms. The zero-order valence-corrected chi connectivity index (χ0v) is 12.8. The van der Waals surface area contributed by atoms with E-state index >= 15 is 0 Å². The van der Waals surface area contributed by atoms with Gasteiger partial charge in [-0.15, -0.1) is 0 Å². The summed E-state index contributed by atoms with van der Waals surface area (Å²) in [5.74, 6) is -0.661. The van der Waals surface area contributed by atoms with Crippen molar-refractivity contribution >= 4 is 11.6 Å². The topological polar surface area (TPSA) is 12.0 Å². The molecule has 4 heteroatoms. The molecule has 21 heavy (non-hydrogen) atoms. The van der Waals surface area contributed by atoms with E-state index in [9.17, 15) is 8.78 Å². The van der Waals surface area contributed by atoms with Crippen LogP contribution in [0.1, 0.15) is 36.1 Å². The van der Waals surface area contributed by atoms with Crippen molar-refractivity contribution in [3.63, 3.8) is 0 Å². The number of benzene rings is 2. The summed E-state index contributed by atoms with van der Waals surface area (Å²) in [7, 11) is 0. The van der Waals surface area contributed by atoms with Crippen LogP contribution >= 0.6 is 11.6 Å². The molecule has 0 aromatic heterocycles. The highest BCUT2D eigenvalue weighted by atomic mass is 35.5. The standard InChI is InChI=1S/C17H18ClF2N/c1-3-6-21-17(12-7-11(2)8-14(20)9-12)15-10-13(19)4-5-16(15)18/h4-5,7-10,17,21H,3,6H2,1-2H3. The van der Waals surface area contributed by atoms with Gasteiger partial charge >= 0.3 is 0 Å². The van der Waals surface area contributed by atoms with Crippen molar-refractivity contribution in [2.45, 2.75) is 26.3 Å². The summed E-state index contributed by atoms with van der Waals surface area (Å²) in [5.41, 5.74) is 2.18. The van der Waals surface area contributed by atoms with Crippen LogP contribution in [0.4, 0.5) is 8.78 Å². The minimum absolute atomic E-state index is 0.305. The summed E-state index contributed by atoms with van der Waals surface area (Å²) in [4.78, 5) is 0. The zero-order valence-electron chi connectivity index (χ0n) is 12.1. The largest absolute Gasteiger partial charge is 0.306 e. The molecule has 112 valence electrons. The Labute approximate surface area is 128 Å². The van der Waals surface area contributed by atoms with Crippen LogP contribution in [-0.2, 0) is 0 Å². The van der Waals surface area contributed by atoms with Crippen LogP contribution in [0.25, 0.3) is 0 Å².